The maximum absolute atomic E-state index is 14.0. The van der Waals surface area contributed by atoms with E-state index in [-0.39, 0.29) is 41.0 Å². The second-order valence-electron chi connectivity index (χ2n) is 8.63. The van der Waals surface area contributed by atoms with Crippen molar-refractivity contribution < 1.29 is 34.1 Å². The van der Waals surface area contributed by atoms with E-state index in [1.807, 2.05) is 0 Å². The van der Waals surface area contributed by atoms with E-state index in [9.17, 15) is 29.3 Å². The molecule has 2 aromatic rings. The van der Waals surface area contributed by atoms with Gasteiger partial charge < -0.3 is 20.5 Å². The molecule has 0 spiro atoms. The minimum absolute atomic E-state index is 0.0288. The predicted molar refractivity (Wildman–Crippen MR) is 120 cm³/mol. The first kappa shape index (κ1) is 24.3. The molecule has 1 unspecified atom stereocenters. The molecule has 34 heavy (non-hydrogen) atoms. The number of nitrogens with zero attached hydrogens (tertiary/aromatic N) is 3. The van der Waals surface area contributed by atoms with Gasteiger partial charge in [0.05, 0.1) is 24.4 Å². The summed E-state index contributed by atoms with van der Waals surface area (Å²) in [7, 11) is -9.05. The zero-order valence-corrected chi connectivity index (χ0v) is 19.0. The highest BCUT2D eigenvalue weighted by Gasteiger charge is 2.70. The number of aromatic nitrogens is 2. The van der Waals surface area contributed by atoms with Crippen LogP contribution in [-0.2, 0) is 4.79 Å². The third-order valence-corrected chi connectivity index (χ3v) is 7.39. The Morgan fingerprint density at radius 1 is 1.21 bits per heavy atom. The van der Waals surface area contributed by atoms with Crippen LogP contribution >= 0.6 is 10.2 Å². The molecule has 1 amide bonds. The van der Waals surface area contributed by atoms with Gasteiger partial charge in [0.1, 0.15) is 11.8 Å². The molecule has 1 aliphatic heterocycles. The van der Waals surface area contributed by atoms with E-state index in [0.29, 0.717) is 10.9 Å². The van der Waals surface area contributed by atoms with Crippen molar-refractivity contribution in [3.63, 3.8) is 0 Å². The lowest BCUT2D eigenvalue weighted by atomic mass is 9.87. The highest BCUT2D eigenvalue weighted by molar-refractivity contribution is 8.48. The van der Waals surface area contributed by atoms with Crippen molar-refractivity contribution in [2.24, 2.45) is 11.7 Å². The topological polar surface area (TPSA) is 93.6 Å². The van der Waals surface area contributed by atoms with Crippen molar-refractivity contribution in [1.29, 1.82) is 0 Å². The van der Waals surface area contributed by atoms with Crippen molar-refractivity contribution in [3.05, 3.63) is 41.6 Å². The summed E-state index contributed by atoms with van der Waals surface area (Å²) < 4.78 is 76.7. The van der Waals surface area contributed by atoms with Gasteiger partial charge >= 0.3 is 10.2 Å². The van der Waals surface area contributed by atoms with E-state index in [2.05, 4.69) is 5.10 Å². The molecule has 0 bridgehead atoms. The normalized spacial score (nSPS) is 25.6. The Labute approximate surface area is 192 Å². The molecule has 13 heteroatoms. The van der Waals surface area contributed by atoms with Crippen molar-refractivity contribution >= 4 is 32.7 Å². The number of fused-ring (bicyclic) bond motifs is 1. The van der Waals surface area contributed by atoms with E-state index in [1.165, 1.54) is 19.2 Å². The molecule has 0 saturated heterocycles. The quantitative estimate of drug-likeness (QED) is 0.527. The number of hydrogen-bond donors (Lipinski definition) is 2. The monoisotopic (exact) mass is 508 g/mol. The molecule has 7 nitrogen and oxygen atoms in total. The first-order valence-corrected chi connectivity index (χ1v) is 12.6. The number of primary amides is 1. The lowest BCUT2D eigenvalue weighted by Gasteiger charge is -2.48. The van der Waals surface area contributed by atoms with Gasteiger partial charge in [-0.2, -0.15) is 5.10 Å². The van der Waals surface area contributed by atoms with Gasteiger partial charge in [-0.1, -0.05) is 31.6 Å². The summed E-state index contributed by atoms with van der Waals surface area (Å²) in [5.74, 6) is -1.18. The number of hydrogen-bond acceptors (Lipinski definition) is 5. The van der Waals surface area contributed by atoms with Crippen LogP contribution < -0.4 is 15.4 Å². The number of benzene rings is 1. The van der Waals surface area contributed by atoms with E-state index in [0.717, 1.165) is 37.8 Å². The Bertz CT molecular complexity index is 1190. The van der Waals surface area contributed by atoms with Crippen LogP contribution in [0.3, 0.4) is 0 Å². The number of halogens is 5. The number of carbonyl (C=O) groups is 1. The smallest absolute Gasteiger partial charge is 0.324 e. The molecular formula is C21H25F5N4O3S. The van der Waals surface area contributed by atoms with Crippen LogP contribution in [0.25, 0.3) is 10.9 Å². The number of amides is 1. The average molecular weight is 509 g/mol. The summed E-state index contributed by atoms with van der Waals surface area (Å²) in [6.45, 7) is 0.113. The Hall–Kier alpha value is -2.80. The molecule has 188 valence electrons. The maximum Gasteiger partial charge on any atom is 0.324 e. The standard InChI is InChI=1S/C21H25F5N4O3S/c1-33-19-10-16-14(11-29(28-16)15-7-5-13(12-31)6-8-15)9-18(19)30-17(21(27)32)3-2-4-20(30)34(22,23,24,25)26/h2-4,9-11,13,15,17,31H,5-8,12H2,1H3,(H2,27,32). The van der Waals surface area contributed by atoms with Crippen LogP contribution in [-0.4, -0.2) is 40.6 Å². The second-order valence-corrected chi connectivity index (χ2v) is 11.0. The summed E-state index contributed by atoms with van der Waals surface area (Å²) in [4.78, 5) is 12.2. The van der Waals surface area contributed by atoms with Crippen LogP contribution in [0.5, 0.6) is 5.75 Å². The molecule has 1 aliphatic carbocycles. The number of carbonyl (C=O) groups excluding carboxylic acids is 1. The summed E-state index contributed by atoms with van der Waals surface area (Å²) >= 11 is 0. The van der Waals surface area contributed by atoms with Gasteiger partial charge in [0, 0.05) is 24.3 Å². The van der Waals surface area contributed by atoms with Gasteiger partial charge in [-0.05, 0) is 43.7 Å². The fourth-order valence-corrected chi connectivity index (χ4v) is 5.46. The van der Waals surface area contributed by atoms with Gasteiger partial charge in [0.25, 0.3) is 0 Å². The van der Waals surface area contributed by atoms with Crippen molar-refractivity contribution in [2.75, 3.05) is 18.6 Å². The minimum Gasteiger partial charge on any atom is -0.494 e. The molecule has 1 atom stereocenters. The molecule has 1 aromatic carbocycles. The predicted octanol–water partition coefficient (Wildman–Crippen LogP) is 5.14. The largest absolute Gasteiger partial charge is 0.494 e. The molecule has 2 heterocycles. The first-order chi connectivity index (χ1) is 15.7. The number of methoxy groups -OCH3 is 1. The highest BCUT2D eigenvalue weighted by Crippen LogP contribution is 3.02. The van der Waals surface area contributed by atoms with Crippen LogP contribution in [0.15, 0.2) is 41.6 Å². The number of aliphatic hydroxyl groups excluding tert-OH is 1. The van der Waals surface area contributed by atoms with E-state index in [1.54, 1.807) is 10.9 Å². The minimum atomic E-state index is -10.2. The lowest BCUT2D eigenvalue weighted by molar-refractivity contribution is -0.118. The Morgan fingerprint density at radius 3 is 2.44 bits per heavy atom. The van der Waals surface area contributed by atoms with Gasteiger partial charge in [-0.15, -0.1) is 0 Å². The fraction of sp³-hybridized carbons (Fsp3) is 0.429. The molecule has 3 N–H and O–H groups in total. The number of ether oxygens (including phenoxy) is 1. The van der Waals surface area contributed by atoms with Crippen LogP contribution in [0, 0.1) is 5.92 Å². The Morgan fingerprint density at radius 2 is 1.88 bits per heavy atom. The number of nitrogens with two attached hydrogens (primary N) is 1. The summed E-state index contributed by atoms with van der Waals surface area (Å²) in [6.07, 6.45) is 6.77. The van der Waals surface area contributed by atoms with E-state index >= 15 is 0 Å². The highest BCUT2D eigenvalue weighted by atomic mass is 32.5. The first-order valence-electron chi connectivity index (χ1n) is 10.6. The van der Waals surface area contributed by atoms with Crippen molar-refractivity contribution in [3.8, 4) is 5.75 Å². The Kier molecular flexibility index (Phi) is 5.44. The summed E-state index contributed by atoms with van der Waals surface area (Å²) in [5.41, 5.74) is 5.29. The molecule has 2 aliphatic rings. The summed E-state index contributed by atoms with van der Waals surface area (Å²) in [6, 6.07) is 0.809. The number of aliphatic hydroxyl groups is 1. The maximum atomic E-state index is 14.0. The number of anilines is 1. The average Bonchev–Trinajstić information content (AvgIpc) is 3.19. The van der Waals surface area contributed by atoms with Gasteiger partial charge in [0.15, 0.2) is 5.03 Å². The molecule has 1 fully saturated rings. The van der Waals surface area contributed by atoms with Gasteiger partial charge in [-0.25, -0.2) is 0 Å². The number of rotatable bonds is 6. The molecule has 1 saturated carbocycles. The molecule has 0 radical (unpaired) electrons. The lowest BCUT2D eigenvalue weighted by Crippen LogP contribution is -2.46. The van der Waals surface area contributed by atoms with Crippen molar-refractivity contribution in [1.82, 2.24) is 9.78 Å². The van der Waals surface area contributed by atoms with E-state index < -0.39 is 27.2 Å². The Balaban J connectivity index is 1.82. The zero-order chi connectivity index (χ0) is 25.0. The second kappa shape index (κ2) is 7.60. The van der Waals surface area contributed by atoms with E-state index in [4.69, 9.17) is 10.5 Å². The van der Waals surface area contributed by atoms with Crippen LogP contribution in [0.1, 0.15) is 31.7 Å². The molecular weight excluding hydrogens is 483 g/mol. The third-order valence-electron chi connectivity index (χ3n) is 6.27. The number of allylic oxidation sites excluding steroid dienone is 2. The summed E-state index contributed by atoms with van der Waals surface area (Å²) in [5, 5.41) is 12.0. The SMILES string of the molecule is COc1cc2nn(C3CCC(CO)CC3)cc2cc1N1C(S(F)(F)(F)(F)F)=CC=CC1C(N)=O. The van der Waals surface area contributed by atoms with Gasteiger partial charge in [0.2, 0.25) is 5.91 Å². The van der Waals surface area contributed by atoms with Crippen molar-refractivity contribution in [2.45, 2.75) is 37.8 Å². The van der Waals surface area contributed by atoms with Crippen LogP contribution in [0.2, 0.25) is 0 Å². The van der Waals surface area contributed by atoms with Gasteiger partial charge in [-0.3, -0.25) is 9.48 Å². The molecule has 4 rings (SSSR count). The van der Waals surface area contributed by atoms with Crippen LogP contribution in [0.4, 0.5) is 25.1 Å². The fourth-order valence-electron chi connectivity index (χ4n) is 4.54. The zero-order valence-electron chi connectivity index (χ0n) is 18.2. The third kappa shape index (κ3) is 4.58. The molecule has 1 aromatic heterocycles.